The molecule has 0 bridgehead atoms. The highest BCUT2D eigenvalue weighted by atomic mass is 14.4. The van der Waals surface area contributed by atoms with Gasteiger partial charge in [0.1, 0.15) is 7.85 Å². The van der Waals surface area contributed by atoms with Gasteiger partial charge in [-0.05, 0) is 23.1 Å². The summed E-state index contributed by atoms with van der Waals surface area (Å²) in [6.07, 6.45) is 3.54. The normalized spacial score (nSPS) is 11.3. The van der Waals surface area contributed by atoms with Crippen molar-refractivity contribution in [3.8, 4) is 0 Å². The fourth-order valence-corrected chi connectivity index (χ4v) is 3.54. The van der Waals surface area contributed by atoms with Crippen LogP contribution >= 0.6 is 0 Å². The average molecular weight is 298 g/mol. The zero-order chi connectivity index (χ0) is 16.0. The van der Waals surface area contributed by atoms with Crippen LogP contribution < -0.4 is 0 Å². The van der Waals surface area contributed by atoms with Gasteiger partial charge in [-0.25, -0.2) is 0 Å². The molecular weight excluding hydrogens is 275 g/mol. The molecule has 0 atom stereocenters. The molecule has 0 aliphatic rings. The van der Waals surface area contributed by atoms with Crippen molar-refractivity contribution in [2.75, 3.05) is 0 Å². The third-order valence-corrected chi connectivity index (χ3v) is 4.71. The van der Waals surface area contributed by atoms with E-state index in [0.717, 1.165) is 6.42 Å². The summed E-state index contributed by atoms with van der Waals surface area (Å²) in [7, 11) is 2.27. The Balaban J connectivity index is 2.25. The Morgan fingerprint density at radius 3 is 1.22 bits per heavy atom. The fourth-order valence-electron chi connectivity index (χ4n) is 3.54. The number of hydrogen-bond donors (Lipinski definition) is 0. The summed E-state index contributed by atoms with van der Waals surface area (Å²) >= 11 is 0. The van der Waals surface area contributed by atoms with E-state index in [1.54, 1.807) is 0 Å². The molecule has 0 N–H and O–H groups in total. The van der Waals surface area contributed by atoms with Gasteiger partial charge in [-0.1, -0.05) is 104 Å². The summed E-state index contributed by atoms with van der Waals surface area (Å²) < 4.78 is 0. The Morgan fingerprint density at radius 1 is 0.565 bits per heavy atom. The molecule has 3 aromatic carbocycles. The molecule has 114 valence electrons. The molecule has 0 fully saturated rings. The SMILES string of the molecule is BCCCC(c1ccccc1)(c1ccccc1)c1ccccc1. The maximum Gasteiger partial charge on any atom is 0.101 e. The van der Waals surface area contributed by atoms with Crippen LogP contribution in [-0.4, -0.2) is 7.85 Å². The molecule has 0 aliphatic carbocycles. The van der Waals surface area contributed by atoms with E-state index >= 15 is 0 Å². The highest BCUT2D eigenvalue weighted by Gasteiger charge is 2.35. The van der Waals surface area contributed by atoms with Crippen molar-refractivity contribution in [2.24, 2.45) is 0 Å². The van der Waals surface area contributed by atoms with Gasteiger partial charge in [0.15, 0.2) is 0 Å². The molecule has 23 heavy (non-hydrogen) atoms. The Kier molecular flexibility index (Phi) is 4.97. The lowest BCUT2D eigenvalue weighted by atomic mass is 9.66. The van der Waals surface area contributed by atoms with E-state index in [1.807, 2.05) is 0 Å². The lowest BCUT2D eigenvalue weighted by Gasteiger charge is -2.36. The zero-order valence-corrected chi connectivity index (χ0v) is 13.8. The lowest BCUT2D eigenvalue weighted by molar-refractivity contribution is 0.550. The first kappa shape index (κ1) is 15.6. The van der Waals surface area contributed by atoms with Crippen molar-refractivity contribution in [3.05, 3.63) is 108 Å². The molecule has 3 rings (SSSR count). The minimum absolute atomic E-state index is 0.0697. The Bertz CT molecular complexity index is 608. The monoisotopic (exact) mass is 298 g/mol. The number of rotatable bonds is 6. The van der Waals surface area contributed by atoms with Crippen LogP contribution in [0.1, 0.15) is 29.5 Å². The van der Waals surface area contributed by atoms with Crippen LogP contribution in [0, 0.1) is 0 Å². The van der Waals surface area contributed by atoms with Gasteiger partial charge < -0.3 is 0 Å². The van der Waals surface area contributed by atoms with Gasteiger partial charge in [-0.3, -0.25) is 0 Å². The predicted octanol–water partition coefficient (Wildman–Crippen LogP) is 4.85. The molecule has 0 unspecified atom stereocenters. The topological polar surface area (TPSA) is 0 Å². The maximum absolute atomic E-state index is 2.27. The Hall–Kier alpha value is -2.28. The fraction of sp³-hybridized carbons (Fsp3) is 0.182. The highest BCUT2D eigenvalue weighted by molar-refractivity contribution is 6.08. The van der Waals surface area contributed by atoms with Gasteiger partial charge in [0.25, 0.3) is 0 Å². The minimum Gasteiger partial charge on any atom is -0.0810 e. The molecule has 0 nitrogen and oxygen atoms in total. The molecule has 0 aliphatic heterocycles. The average Bonchev–Trinajstić information content (AvgIpc) is 2.65. The van der Waals surface area contributed by atoms with Crippen molar-refractivity contribution in [1.29, 1.82) is 0 Å². The van der Waals surface area contributed by atoms with Crippen LogP contribution in [0.15, 0.2) is 91.0 Å². The van der Waals surface area contributed by atoms with Crippen molar-refractivity contribution in [1.82, 2.24) is 0 Å². The van der Waals surface area contributed by atoms with Crippen LogP contribution in [0.3, 0.4) is 0 Å². The van der Waals surface area contributed by atoms with Gasteiger partial charge in [-0.15, -0.1) is 0 Å². The third-order valence-electron chi connectivity index (χ3n) is 4.71. The minimum atomic E-state index is -0.0697. The van der Waals surface area contributed by atoms with Crippen LogP contribution in [0.5, 0.6) is 0 Å². The molecule has 0 saturated carbocycles. The van der Waals surface area contributed by atoms with E-state index in [9.17, 15) is 0 Å². The van der Waals surface area contributed by atoms with Crippen LogP contribution in [0.2, 0.25) is 6.32 Å². The summed E-state index contributed by atoms with van der Waals surface area (Å²) in [6, 6.07) is 32.9. The summed E-state index contributed by atoms with van der Waals surface area (Å²) in [5.74, 6) is 0. The second kappa shape index (κ2) is 7.33. The lowest BCUT2D eigenvalue weighted by Crippen LogP contribution is -2.29. The van der Waals surface area contributed by atoms with E-state index in [4.69, 9.17) is 0 Å². The first-order valence-electron chi connectivity index (χ1n) is 8.54. The number of hydrogen-bond acceptors (Lipinski definition) is 0. The van der Waals surface area contributed by atoms with E-state index in [0.29, 0.717) is 0 Å². The molecule has 0 radical (unpaired) electrons. The molecule has 0 aromatic heterocycles. The second-order valence-corrected chi connectivity index (χ2v) is 6.11. The highest BCUT2D eigenvalue weighted by Crippen LogP contribution is 2.43. The zero-order valence-electron chi connectivity index (χ0n) is 13.8. The van der Waals surface area contributed by atoms with E-state index in [-0.39, 0.29) is 5.41 Å². The van der Waals surface area contributed by atoms with Crippen LogP contribution in [-0.2, 0) is 5.41 Å². The van der Waals surface area contributed by atoms with Crippen LogP contribution in [0.25, 0.3) is 0 Å². The van der Waals surface area contributed by atoms with Gasteiger partial charge in [0, 0.05) is 5.41 Å². The van der Waals surface area contributed by atoms with Gasteiger partial charge >= 0.3 is 0 Å². The molecule has 0 saturated heterocycles. The second-order valence-electron chi connectivity index (χ2n) is 6.11. The molecular formula is C22H23B. The summed E-state index contributed by atoms with van der Waals surface area (Å²) in [5.41, 5.74) is 4.07. The molecule has 0 spiro atoms. The molecule has 1 heteroatoms. The Morgan fingerprint density at radius 2 is 0.913 bits per heavy atom. The Labute approximate surface area is 140 Å². The predicted molar refractivity (Wildman–Crippen MR) is 102 cm³/mol. The summed E-state index contributed by atoms with van der Waals surface area (Å²) in [4.78, 5) is 0. The largest absolute Gasteiger partial charge is 0.101 e. The van der Waals surface area contributed by atoms with Crippen molar-refractivity contribution >= 4 is 7.85 Å². The van der Waals surface area contributed by atoms with E-state index in [2.05, 4.69) is 98.8 Å². The standard InChI is InChI=1S/C22H23B/c23-18-10-17-22(19-11-4-1-5-12-19,20-13-6-2-7-14-20)21-15-8-3-9-16-21/h1-9,11-16H,10,17-18,23H2. The smallest absolute Gasteiger partial charge is 0.0810 e. The molecule has 0 heterocycles. The first-order valence-corrected chi connectivity index (χ1v) is 8.54. The van der Waals surface area contributed by atoms with Crippen molar-refractivity contribution in [2.45, 2.75) is 24.6 Å². The molecule has 0 amide bonds. The van der Waals surface area contributed by atoms with Gasteiger partial charge in [0.05, 0.1) is 0 Å². The first-order chi connectivity index (χ1) is 11.4. The summed E-state index contributed by atoms with van der Waals surface area (Å²) in [6.45, 7) is 0. The molecule has 3 aromatic rings. The van der Waals surface area contributed by atoms with Crippen LogP contribution in [0.4, 0.5) is 0 Å². The van der Waals surface area contributed by atoms with Crippen molar-refractivity contribution in [3.63, 3.8) is 0 Å². The maximum atomic E-state index is 2.27. The van der Waals surface area contributed by atoms with E-state index in [1.165, 1.54) is 29.4 Å². The quantitative estimate of drug-likeness (QED) is 0.450. The van der Waals surface area contributed by atoms with Gasteiger partial charge in [-0.2, -0.15) is 0 Å². The summed E-state index contributed by atoms with van der Waals surface area (Å²) in [5, 5.41) is 0. The van der Waals surface area contributed by atoms with Crippen molar-refractivity contribution < 1.29 is 0 Å². The number of benzene rings is 3. The van der Waals surface area contributed by atoms with E-state index < -0.39 is 0 Å². The third kappa shape index (κ3) is 3.10. The van der Waals surface area contributed by atoms with Gasteiger partial charge in [0.2, 0.25) is 0 Å².